The van der Waals surface area contributed by atoms with E-state index in [9.17, 15) is 4.79 Å². The molecule has 122 valence electrons. The number of carbonyl (C=O) groups is 1. The Morgan fingerprint density at radius 1 is 1.17 bits per heavy atom. The monoisotopic (exact) mass is 313 g/mol. The van der Waals surface area contributed by atoms with Gasteiger partial charge in [0.05, 0.1) is 12.2 Å². The average molecular weight is 313 g/mol. The summed E-state index contributed by atoms with van der Waals surface area (Å²) in [4.78, 5) is 22.7. The summed E-state index contributed by atoms with van der Waals surface area (Å²) in [5.41, 5.74) is 1.53. The van der Waals surface area contributed by atoms with Crippen LogP contribution in [0.3, 0.4) is 0 Å². The minimum absolute atomic E-state index is 0.0768. The van der Waals surface area contributed by atoms with Crippen molar-refractivity contribution in [1.82, 2.24) is 20.2 Å². The van der Waals surface area contributed by atoms with Gasteiger partial charge in [0.2, 0.25) is 0 Å². The van der Waals surface area contributed by atoms with E-state index in [4.69, 9.17) is 0 Å². The molecule has 2 aromatic rings. The second kappa shape index (κ2) is 8.85. The Morgan fingerprint density at radius 2 is 2.04 bits per heavy atom. The predicted molar refractivity (Wildman–Crippen MR) is 91.3 cm³/mol. The van der Waals surface area contributed by atoms with E-state index in [-0.39, 0.29) is 5.91 Å². The number of pyridine rings is 2. The fourth-order valence-corrected chi connectivity index (χ4v) is 2.05. The van der Waals surface area contributed by atoms with E-state index in [1.165, 1.54) is 0 Å². The summed E-state index contributed by atoms with van der Waals surface area (Å²) in [5.74, 6) is 0.587. The fraction of sp³-hybridized carbons (Fsp3) is 0.353. The highest BCUT2D eigenvalue weighted by Crippen LogP contribution is 2.08. The van der Waals surface area contributed by atoms with Crippen molar-refractivity contribution in [2.24, 2.45) is 0 Å². The smallest absolute Gasteiger partial charge is 0.251 e. The van der Waals surface area contributed by atoms with Gasteiger partial charge in [-0.1, -0.05) is 6.07 Å². The van der Waals surface area contributed by atoms with Crippen LogP contribution in [0.25, 0.3) is 0 Å². The minimum Gasteiger partial charge on any atom is -0.364 e. The van der Waals surface area contributed by atoms with Gasteiger partial charge >= 0.3 is 0 Å². The van der Waals surface area contributed by atoms with Gasteiger partial charge in [-0.25, -0.2) is 4.98 Å². The van der Waals surface area contributed by atoms with Crippen molar-refractivity contribution in [2.45, 2.75) is 13.0 Å². The molecule has 0 aliphatic carbocycles. The zero-order chi connectivity index (χ0) is 16.5. The number of hydrogen-bond donors (Lipinski definition) is 2. The Morgan fingerprint density at radius 3 is 2.78 bits per heavy atom. The van der Waals surface area contributed by atoms with Gasteiger partial charge in [-0.2, -0.15) is 0 Å². The molecule has 0 aliphatic rings. The molecule has 0 radical (unpaired) electrons. The number of nitrogens with one attached hydrogen (secondary N) is 2. The number of aromatic nitrogens is 2. The van der Waals surface area contributed by atoms with Crippen LogP contribution >= 0.6 is 0 Å². The van der Waals surface area contributed by atoms with Crippen LogP contribution in [0.5, 0.6) is 0 Å². The lowest BCUT2D eigenvalue weighted by molar-refractivity contribution is 0.0952. The molecule has 6 nitrogen and oxygen atoms in total. The zero-order valence-electron chi connectivity index (χ0n) is 13.6. The van der Waals surface area contributed by atoms with E-state index in [0.29, 0.717) is 24.5 Å². The molecule has 0 unspecified atom stereocenters. The van der Waals surface area contributed by atoms with E-state index in [1.54, 1.807) is 24.5 Å². The van der Waals surface area contributed by atoms with Crippen LogP contribution in [-0.4, -0.2) is 48.0 Å². The Labute approximate surface area is 137 Å². The third-order valence-corrected chi connectivity index (χ3v) is 3.27. The Balaban J connectivity index is 1.85. The first-order valence-electron chi connectivity index (χ1n) is 7.68. The van der Waals surface area contributed by atoms with Crippen molar-refractivity contribution in [1.29, 1.82) is 0 Å². The first-order chi connectivity index (χ1) is 11.1. The van der Waals surface area contributed by atoms with Crippen LogP contribution in [0.2, 0.25) is 0 Å². The molecule has 2 rings (SSSR count). The largest absolute Gasteiger partial charge is 0.364 e. The van der Waals surface area contributed by atoms with Crippen LogP contribution in [0.1, 0.15) is 22.5 Å². The fourth-order valence-electron chi connectivity index (χ4n) is 2.05. The number of amides is 1. The second-order valence-electron chi connectivity index (χ2n) is 5.52. The van der Waals surface area contributed by atoms with Crippen molar-refractivity contribution < 1.29 is 4.79 Å². The SMILES string of the molecule is CN(C)CCCNC(=O)c1ccnc(NCc2ccccn2)c1. The average Bonchev–Trinajstić information content (AvgIpc) is 2.58. The standard InChI is InChI=1S/C17H23N5O/c1-22(2)11-5-9-20-17(23)14-7-10-19-16(12-14)21-13-15-6-3-4-8-18-15/h3-4,6-8,10,12H,5,9,11,13H2,1-2H3,(H,19,21)(H,20,23). The van der Waals surface area contributed by atoms with Gasteiger partial charge in [-0.15, -0.1) is 0 Å². The maximum atomic E-state index is 12.1. The summed E-state index contributed by atoms with van der Waals surface area (Å²) in [6.45, 7) is 2.19. The van der Waals surface area contributed by atoms with E-state index >= 15 is 0 Å². The molecule has 0 aromatic carbocycles. The molecule has 0 fully saturated rings. The molecule has 0 atom stereocenters. The number of hydrogen-bond acceptors (Lipinski definition) is 5. The third kappa shape index (κ3) is 6.04. The topological polar surface area (TPSA) is 70.2 Å². The van der Waals surface area contributed by atoms with Crippen LogP contribution in [0, 0.1) is 0 Å². The van der Waals surface area contributed by atoms with Gasteiger partial charge in [-0.3, -0.25) is 9.78 Å². The van der Waals surface area contributed by atoms with Crippen molar-refractivity contribution >= 4 is 11.7 Å². The van der Waals surface area contributed by atoms with Crippen LogP contribution < -0.4 is 10.6 Å². The van der Waals surface area contributed by atoms with E-state index in [1.807, 2.05) is 32.3 Å². The normalized spacial score (nSPS) is 10.6. The number of carbonyl (C=O) groups excluding carboxylic acids is 1. The van der Waals surface area contributed by atoms with Gasteiger partial charge in [-0.05, 0) is 51.3 Å². The molecule has 1 amide bonds. The van der Waals surface area contributed by atoms with Gasteiger partial charge in [0.25, 0.3) is 5.91 Å². The van der Waals surface area contributed by atoms with E-state index in [0.717, 1.165) is 18.7 Å². The van der Waals surface area contributed by atoms with Crippen molar-refractivity contribution in [3.63, 3.8) is 0 Å². The molecule has 23 heavy (non-hydrogen) atoms. The first kappa shape index (κ1) is 16.9. The van der Waals surface area contributed by atoms with E-state index < -0.39 is 0 Å². The predicted octanol–water partition coefficient (Wildman–Crippen LogP) is 1.77. The van der Waals surface area contributed by atoms with Crippen LogP contribution in [0.15, 0.2) is 42.7 Å². The van der Waals surface area contributed by atoms with Gasteiger partial charge in [0.15, 0.2) is 0 Å². The Kier molecular flexibility index (Phi) is 6.50. The molecule has 2 heterocycles. The molecule has 0 saturated heterocycles. The molecule has 6 heteroatoms. The van der Waals surface area contributed by atoms with Gasteiger partial charge in [0.1, 0.15) is 5.82 Å². The number of anilines is 1. The second-order valence-corrected chi connectivity index (χ2v) is 5.52. The van der Waals surface area contributed by atoms with Crippen molar-refractivity contribution in [2.75, 3.05) is 32.5 Å². The zero-order valence-corrected chi connectivity index (χ0v) is 13.6. The highest BCUT2D eigenvalue weighted by atomic mass is 16.1. The van der Waals surface area contributed by atoms with Crippen molar-refractivity contribution in [3.8, 4) is 0 Å². The highest BCUT2D eigenvalue weighted by molar-refractivity contribution is 5.94. The lowest BCUT2D eigenvalue weighted by Gasteiger charge is -2.10. The lowest BCUT2D eigenvalue weighted by Crippen LogP contribution is -2.27. The maximum absolute atomic E-state index is 12.1. The van der Waals surface area contributed by atoms with Crippen LogP contribution in [0.4, 0.5) is 5.82 Å². The summed E-state index contributed by atoms with van der Waals surface area (Å²) in [5, 5.41) is 6.10. The Hall–Kier alpha value is -2.47. The third-order valence-electron chi connectivity index (χ3n) is 3.27. The summed E-state index contributed by atoms with van der Waals surface area (Å²) in [6, 6.07) is 9.23. The van der Waals surface area contributed by atoms with E-state index in [2.05, 4.69) is 25.5 Å². The highest BCUT2D eigenvalue weighted by Gasteiger charge is 2.06. The maximum Gasteiger partial charge on any atom is 0.251 e. The number of rotatable bonds is 8. The lowest BCUT2D eigenvalue weighted by atomic mass is 10.2. The van der Waals surface area contributed by atoms with Crippen LogP contribution in [-0.2, 0) is 6.54 Å². The molecule has 0 aliphatic heterocycles. The van der Waals surface area contributed by atoms with Gasteiger partial charge in [0, 0.05) is 24.5 Å². The quantitative estimate of drug-likeness (QED) is 0.727. The Bertz CT molecular complexity index is 615. The molecular formula is C17H23N5O. The summed E-state index contributed by atoms with van der Waals surface area (Å²) >= 11 is 0. The molecule has 0 saturated carbocycles. The summed E-state index contributed by atoms with van der Waals surface area (Å²) < 4.78 is 0. The molecule has 0 spiro atoms. The molecule has 2 aromatic heterocycles. The summed E-state index contributed by atoms with van der Waals surface area (Å²) in [6.07, 6.45) is 4.31. The first-order valence-corrected chi connectivity index (χ1v) is 7.68. The summed E-state index contributed by atoms with van der Waals surface area (Å²) in [7, 11) is 4.04. The van der Waals surface area contributed by atoms with Gasteiger partial charge < -0.3 is 15.5 Å². The minimum atomic E-state index is -0.0768. The molecule has 0 bridgehead atoms. The molecule has 2 N–H and O–H groups in total. The number of nitrogens with zero attached hydrogens (tertiary/aromatic N) is 3. The molecular weight excluding hydrogens is 290 g/mol. The van der Waals surface area contributed by atoms with Crippen molar-refractivity contribution in [3.05, 3.63) is 54.0 Å².